The zero-order valence-electron chi connectivity index (χ0n) is 15.9. The van der Waals surface area contributed by atoms with Crippen molar-refractivity contribution in [1.82, 2.24) is 0 Å². The summed E-state index contributed by atoms with van der Waals surface area (Å²) in [4.78, 5) is 24.0. The second kappa shape index (κ2) is 8.53. The lowest BCUT2D eigenvalue weighted by atomic mass is 10.1. The molecule has 0 aliphatic rings. The standard InChI is InChI=1S/C24H18O6/c25-18-15-22(16-7-2-1-3-8-16)30-21-12-6-11-20(23(18)21)29-14-13-28-19-10-5-4-9-17(19)24(26)27/h1-12,15H,13-14H2,(H,26,27). The van der Waals surface area contributed by atoms with Crippen LogP contribution in [0.2, 0.25) is 0 Å². The van der Waals surface area contributed by atoms with Crippen LogP contribution in [-0.2, 0) is 0 Å². The number of carboxylic acids is 1. The van der Waals surface area contributed by atoms with Crippen LogP contribution in [0.4, 0.5) is 0 Å². The number of ether oxygens (including phenoxy) is 2. The van der Waals surface area contributed by atoms with Crippen LogP contribution < -0.4 is 14.9 Å². The van der Waals surface area contributed by atoms with Gasteiger partial charge in [0.25, 0.3) is 0 Å². The Balaban J connectivity index is 1.51. The molecule has 0 aliphatic carbocycles. The highest BCUT2D eigenvalue weighted by Crippen LogP contribution is 2.27. The van der Waals surface area contributed by atoms with Crippen LogP contribution in [0.25, 0.3) is 22.3 Å². The molecule has 0 amide bonds. The summed E-state index contributed by atoms with van der Waals surface area (Å²) in [6, 6.07) is 22.4. The third-order valence-electron chi connectivity index (χ3n) is 4.49. The SMILES string of the molecule is O=C(O)c1ccccc1OCCOc1cccc2oc(-c3ccccc3)cc(=O)c12. The van der Waals surface area contributed by atoms with Crippen LogP contribution in [0, 0.1) is 0 Å². The summed E-state index contributed by atoms with van der Waals surface area (Å²) in [6.45, 7) is 0.251. The molecule has 0 atom stereocenters. The molecule has 1 aromatic heterocycles. The van der Waals surface area contributed by atoms with Crippen LogP contribution >= 0.6 is 0 Å². The maximum absolute atomic E-state index is 12.7. The number of benzene rings is 3. The van der Waals surface area contributed by atoms with E-state index in [4.69, 9.17) is 13.9 Å². The maximum Gasteiger partial charge on any atom is 0.339 e. The summed E-state index contributed by atoms with van der Waals surface area (Å²) in [5, 5.41) is 9.55. The second-order valence-electron chi connectivity index (χ2n) is 6.47. The highest BCUT2D eigenvalue weighted by Gasteiger charge is 2.13. The van der Waals surface area contributed by atoms with Gasteiger partial charge in [0.1, 0.15) is 47.0 Å². The number of aromatic carboxylic acids is 1. The first-order valence-corrected chi connectivity index (χ1v) is 9.34. The maximum atomic E-state index is 12.7. The van der Waals surface area contributed by atoms with Gasteiger partial charge in [0.2, 0.25) is 0 Å². The molecule has 0 fully saturated rings. The smallest absolute Gasteiger partial charge is 0.339 e. The van der Waals surface area contributed by atoms with E-state index in [-0.39, 0.29) is 30.0 Å². The molecule has 6 heteroatoms. The van der Waals surface area contributed by atoms with Crippen molar-refractivity contribution in [1.29, 1.82) is 0 Å². The van der Waals surface area contributed by atoms with Gasteiger partial charge in [-0.25, -0.2) is 4.79 Å². The fourth-order valence-electron chi connectivity index (χ4n) is 3.12. The van der Waals surface area contributed by atoms with Crippen molar-refractivity contribution in [3.8, 4) is 22.8 Å². The number of carbonyl (C=O) groups is 1. The molecule has 0 saturated carbocycles. The van der Waals surface area contributed by atoms with E-state index in [1.807, 2.05) is 30.3 Å². The predicted molar refractivity (Wildman–Crippen MR) is 112 cm³/mol. The normalized spacial score (nSPS) is 10.7. The van der Waals surface area contributed by atoms with E-state index in [0.29, 0.717) is 22.5 Å². The van der Waals surface area contributed by atoms with Crippen LogP contribution in [0.15, 0.2) is 88.1 Å². The van der Waals surface area contributed by atoms with Gasteiger partial charge in [-0.15, -0.1) is 0 Å². The van der Waals surface area contributed by atoms with Crippen molar-refractivity contribution in [2.75, 3.05) is 13.2 Å². The fraction of sp³-hybridized carbons (Fsp3) is 0.0833. The van der Waals surface area contributed by atoms with Crippen molar-refractivity contribution < 1.29 is 23.8 Å². The van der Waals surface area contributed by atoms with E-state index in [1.165, 1.54) is 12.1 Å². The van der Waals surface area contributed by atoms with Gasteiger partial charge in [-0.2, -0.15) is 0 Å². The number of rotatable bonds is 7. The van der Waals surface area contributed by atoms with Crippen molar-refractivity contribution in [2.45, 2.75) is 0 Å². The van der Waals surface area contributed by atoms with Gasteiger partial charge < -0.3 is 19.0 Å². The zero-order chi connectivity index (χ0) is 20.9. The Morgan fingerprint density at radius 3 is 2.27 bits per heavy atom. The van der Waals surface area contributed by atoms with E-state index >= 15 is 0 Å². The summed E-state index contributed by atoms with van der Waals surface area (Å²) in [7, 11) is 0. The molecular formula is C24H18O6. The first-order valence-electron chi connectivity index (χ1n) is 9.34. The fourth-order valence-corrected chi connectivity index (χ4v) is 3.12. The van der Waals surface area contributed by atoms with Gasteiger partial charge in [-0.1, -0.05) is 48.5 Å². The van der Waals surface area contributed by atoms with Gasteiger partial charge in [0.05, 0.1) is 0 Å². The minimum absolute atomic E-state index is 0.0803. The highest BCUT2D eigenvalue weighted by molar-refractivity contribution is 5.90. The summed E-state index contributed by atoms with van der Waals surface area (Å²) in [5.41, 5.74) is 1.11. The van der Waals surface area contributed by atoms with Crippen LogP contribution in [0.3, 0.4) is 0 Å². The summed E-state index contributed by atoms with van der Waals surface area (Å²) in [6.07, 6.45) is 0. The lowest BCUT2D eigenvalue weighted by Crippen LogP contribution is -2.12. The molecule has 0 radical (unpaired) electrons. The third kappa shape index (κ3) is 4.03. The largest absolute Gasteiger partial charge is 0.489 e. The first-order chi connectivity index (χ1) is 14.6. The molecule has 150 valence electrons. The number of para-hydroxylation sites is 1. The molecule has 1 N–H and O–H groups in total. The van der Waals surface area contributed by atoms with E-state index in [2.05, 4.69) is 0 Å². The van der Waals surface area contributed by atoms with Crippen molar-refractivity contribution in [2.24, 2.45) is 0 Å². The second-order valence-corrected chi connectivity index (χ2v) is 6.47. The number of hydrogen-bond donors (Lipinski definition) is 1. The average molecular weight is 402 g/mol. The molecule has 0 bridgehead atoms. The zero-order valence-corrected chi connectivity index (χ0v) is 15.9. The molecule has 4 aromatic rings. The van der Waals surface area contributed by atoms with E-state index in [0.717, 1.165) is 5.56 Å². The van der Waals surface area contributed by atoms with Crippen molar-refractivity contribution in [3.63, 3.8) is 0 Å². The average Bonchev–Trinajstić information content (AvgIpc) is 2.77. The van der Waals surface area contributed by atoms with Crippen LogP contribution in [-0.4, -0.2) is 24.3 Å². The van der Waals surface area contributed by atoms with Crippen LogP contribution in [0.1, 0.15) is 10.4 Å². The molecular weight excluding hydrogens is 384 g/mol. The molecule has 3 aromatic carbocycles. The molecule has 0 unspecified atom stereocenters. The van der Waals surface area contributed by atoms with Gasteiger partial charge in [-0.05, 0) is 24.3 Å². The minimum atomic E-state index is -1.06. The Hall–Kier alpha value is -4.06. The highest BCUT2D eigenvalue weighted by atomic mass is 16.5. The van der Waals surface area contributed by atoms with Crippen molar-refractivity contribution in [3.05, 3.63) is 94.6 Å². The lowest BCUT2D eigenvalue weighted by Gasteiger charge is -2.11. The van der Waals surface area contributed by atoms with Gasteiger partial charge >= 0.3 is 5.97 Å². The molecule has 30 heavy (non-hydrogen) atoms. The quantitative estimate of drug-likeness (QED) is 0.454. The Morgan fingerprint density at radius 1 is 0.833 bits per heavy atom. The Labute approximate surface area is 171 Å². The lowest BCUT2D eigenvalue weighted by molar-refractivity contribution is 0.0691. The molecule has 0 saturated heterocycles. The first kappa shape index (κ1) is 19.3. The molecule has 4 rings (SSSR count). The third-order valence-corrected chi connectivity index (χ3v) is 4.49. The van der Waals surface area contributed by atoms with Gasteiger partial charge in [0.15, 0.2) is 5.43 Å². The predicted octanol–water partition coefficient (Wildman–Crippen LogP) is 4.62. The summed E-state index contributed by atoms with van der Waals surface area (Å²) < 4.78 is 17.2. The molecule has 0 spiro atoms. The summed E-state index contributed by atoms with van der Waals surface area (Å²) in [5.74, 6) is 0.0702. The van der Waals surface area contributed by atoms with E-state index in [1.54, 1.807) is 36.4 Å². The Morgan fingerprint density at radius 2 is 1.50 bits per heavy atom. The van der Waals surface area contributed by atoms with Crippen LogP contribution in [0.5, 0.6) is 11.5 Å². The van der Waals surface area contributed by atoms with Crippen molar-refractivity contribution >= 4 is 16.9 Å². The van der Waals surface area contributed by atoms with E-state index < -0.39 is 5.97 Å². The van der Waals surface area contributed by atoms with E-state index in [9.17, 15) is 14.7 Å². The van der Waals surface area contributed by atoms with Gasteiger partial charge in [-0.3, -0.25) is 4.79 Å². The number of hydrogen-bond acceptors (Lipinski definition) is 5. The Kier molecular flexibility index (Phi) is 5.48. The molecule has 0 aliphatic heterocycles. The topological polar surface area (TPSA) is 86.0 Å². The minimum Gasteiger partial charge on any atom is -0.489 e. The molecule has 6 nitrogen and oxygen atoms in total. The number of carboxylic acid groups (broad SMARTS) is 1. The molecule has 1 heterocycles. The monoisotopic (exact) mass is 402 g/mol. The number of fused-ring (bicyclic) bond motifs is 1. The van der Waals surface area contributed by atoms with Gasteiger partial charge in [0, 0.05) is 11.6 Å². The Bertz CT molecular complexity index is 1240. The summed E-state index contributed by atoms with van der Waals surface area (Å²) >= 11 is 0.